The first-order valence-corrected chi connectivity index (χ1v) is 11.3. The molecule has 2 N–H and O–H groups in total. The molecule has 180 valence electrons. The van der Waals surface area contributed by atoms with E-state index in [0.717, 1.165) is 11.3 Å². The van der Waals surface area contributed by atoms with Gasteiger partial charge in [0, 0.05) is 25.3 Å². The molecule has 2 aromatic carbocycles. The summed E-state index contributed by atoms with van der Waals surface area (Å²) in [4.78, 5) is 39.9. The minimum atomic E-state index is -0.790. The average Bonchev–Trinajstić information content (AvgIpc) is 3.12. The number of anilines is 1. The molecule has 0 spiro atoms. The van der Waals surface area contributed by atoms with Crippen molar-refractivity contribution in [2.45, 2.75) is 43.7 Å². The maximum Gasteiger partial charge on any atom is 0.325 e. The number of amides is 4. The van der Waals surface area contributed by atoms with E-state index < -0.39 is 23.4 Å². The third kappa shape index (κ3) is 5.20. The molecule has 0 aromatic heterocycles. The standard InChI is InChI=1S/C25H28FN3O5/c1-33-20-7-5-17(6-8-20)16-25(11-13-34-14-12-25)29-23(31)21(28-24(29)32)9-10-22(30)27-19-4-2-3-18(26)15-19/h2-8,15,21H,9-14,16H2,1H3,(H,27,30)(H,28,32). The van der Waals surface area contributed by atoms with Crippen LogP contribution in [0, 0.1) is 5.82 Å². The van der Waals surface area contributed by atoms with Gasteiger partial charge in [-0.15, -0.1) is 0 Å². The van der Waals surface area contributed by atoms with E-state index in [1.165, 1.54) is 23.1 Å². The Morgan fingerprint density at radius 2 is 1.94 bits per heavy atom. The fourth-order valence-corrected chi connectivity index (χ4v) is 4.60. The molecule has 9 heteroatoms. The van der Waals surface area contributed by atoms with Gasteiger partial charge in [-0.05, 0) is 61.6 Å². The summed E-state index contributed by atoms with van der Waals surface area (Å²) in [5.74, 6) is -0.411. The van der Waals surface area contributed by atoms with Crippen molar-refractivity contribution in [1.82, 2.24) is 10.2 Å². The van der Waals surface area contributed by atoms with Crippen molar-refractivity contribution in [3.8, 4) is 5.75 Å². The molecule has 1 atom stereocenters. The highest BCUT2D eigenvalue weighted by Gasteiger charge is 2.50. The van der Waals surface area contributed by atoms with E-state index in [1.54, 1.807) is 13.2 Å². The maximum absolute atomic E-state index is 13.3. The van der Waals surface area contributed by atoms with Crippen molar-refractivity contribution in [3.63, 3.8) is 0 Å². The lowest BCUT2D eigenvalue weighted by atomic mass is 9.82. The number of ether oxygens (including phenoxy) is 2. The first-order chi connectivity index (χ1) is 16.4. The Morgan fingerprint density at radius 3 is 2.62 bits per heavy atom. The number of halogens is 1. The molecule has 0 aliphatic carbocycles. The van der Waals surface area contributed by atoms with Crippen LogP contribution in [-0.2, 0) is 20.7 Å². The van der Waals surface area contributed by atoms with Crippen molar-refractivity contribution < 1.29 is 28.2 Å². The van der Waals surface area contributed by atoms with Crippen LogP contribution in [0.15, 0.2) is 48.5 Å². The average molecular weight is 470 g/mol. The van der Waals surface area contributed by atoms with Gasteiger partial charge in [-0.3, -0.25) is 14.5 Å². The lowest BCUT2D eigenvalue weighted by molar-refractivity contribution is -0.135. The molecule has 2 saturated heterocycles. The van der Waals surface area contributed by atoms with E-state index in [-0.39, 0.29) is 24.7 Å². The van der Waals surface area contributed by atoms with Gasteiger partial charge in [0.05, 0.1) is 12.6 Å². The van der Waals surface area contributed by atoms with Gasteiger partial charge in [-0.25, -0.2) is 9.18 Å². The number of nitrogens with zero attached hydrogens (tertiary/aromatic N) is 1. The molecule has 0 radical (unpaired) electrons. The predicted octanol–water partition coefficient (Wildman–Crippen LogP) is 3.27. The number of carbonyl (C=O) groups is 3. The molecule has 4 amide bonds. The number of methoxy groups -OCH3 is 1. The van der Waals surface area contributed by atoms with Gasteiger partial charge in [-0.1, -0.05) is 18.2 Å². The highest BCUT2D eigenvalue weighted by molar-refractivity contribution is 6.05. The van der Waals surface area contributed by atoms with E-state index in [4.69, 9.17) is 9.47 Å². The van der Waals surface area contributed by atoms with Crippen LogP contribution in [0.2, 0.25) is 0 Å². The van der Waals surface area contributed by atoms with Gasteiger partial charge in [0.25, 0.3) is 5.91 Å². The molecule has 0 bridgehead atoms. The van der Waals surface area contributed by atoms with E-state index in [0.29, 0.717) is 38.2 Å². The molecule has 2 heterocycles. The zero-order valence-electron chi connectivity index (χ0n) is 19.0. The summed E-state index contributed by atoms with van der Waals surface area (Å²) >= 11 is 0. The highest BCUT2D eigenvalue weighted by atomic mass is 19.1. The van der Waals surface area contributed by atoms with Gasteiger partial charge in [0.1, 0.15) is 17.6 Å². The molecule has 2 aliphatic heterocycles. The van der Waals surface area contributed by atoms with Gasteiger partial charge in [-0.2, -0.15) is 0 Å². The first kappa shape index (κ1) is 23.7. The Bertz CT molecular complexity index is 1050. The second-order valence-electron chi connectivity index (χ2n) is 8.63. The largest absolute Gasteiger partial charge is 0.497 e. The lowest BCUT2D eigenvalue weighted by Crippen LogP contribution is -2.56. The Kier molecular flexibility index (Phi) is 7.12. The van der Waals surface area contributed by atoms with Crippen LogP contribution < -0.4 is 15.4 Å². The van der Waals surface area contributed by atoms with E-state index in [9.17, 15) is 18.8 Å². The lowest BCUT2D eigenvalue weighted by Gasteiger charge is -2.43. The molecule has 2 aliphatic rings. The summed E-state index contributed by atoms with van der Waals surface area (Å²) in [6, 6.07) is 11.9. The van der Waals surface area contributed by atoms with Crippen LogP contribution in [0.4, 0.5) is 14.9 Å². The number of rotatable bonds is 8. The molecule has 2 aromatic rings. The van der Waals surface area contributed by atoms with Gasteiger partial charge in [0.2, 0.25) is 5.91 Å². The number of carbonyl (C=O) groups excluding carboxylic acids is 3. The first-order valence-electron chi connectivity index (χ1n) is 11.3. The molecule has 0 saturated carbocycles. The molecular formula is C25H28FN3O5. The maximum atomic E-state index is 13.3. The summed E-state index contributed by atoms with van der Waals surface area (Å²) in [6.45, 7) is 0.905. The summed E-state index contributed by atoms with van der Waals surface area (Å²) in [6.07, 6.45) is 1.73. The van der Waals surface area contributed by atoms with Crippen LogP contribution in [0.3, 0.4) is 0 Å². The summed E-state index contributed by atoms with van der Waals surface area (Å²) in [5, 5.41) is 5.36. The molecule has 4 rings (SSSR count). The van der Waals surface area contributed by atoms with Crippen LogP contribution in [0.5, 0.6) is 5.75 Å². The van der Waals surface area contributed by atoms with Gasteiger partial charge >= 0.3 is 6.03 Å². The smallest absolute Gasteiger partial charge is 0.325 e. The van der Waals surface area contributed by atoms with Crippen LogP contribution in [0.25, 0.3) is 0 Å². The molecular weight excluding hydrogens is 441 g/mol. The van der Waals surface area contributed by atoms with Crippen LogP contribution >= 0.6 is 0 Å². The third-order valence-corrected chi connectivity index (χ3v) is 6.38. The molecule has 2 fully saturated rings. The Balaban J connectivity index is 1.44. The van der Waals surface area contributed by atoms with Crippen LogP contribution in [0.1, 0.15) is 31.2 Å². The van der Waals surface area contributed by atoms with Crippen molar-refractivity contribution in [1.29, 1.82) is 0 Å². The summed E-state index contributed by atoms with van der Waals surface area (Å²) < 4.78 is 24.1. The molecule has 8 nitrogen and oxygen atoms in total. The summed E-state index contributed by atoms with van der Waals surface area (Å²) in [5.41, 5.74) is 0.627. The van der Waals surface area contributed by atoms with Gasteiger partial charge < -0.3 is 20.1 Å². The fraction of sp³-hybridized carbons (Fsp3) is 0.400. The summed E-state index contributed by atoms with van der Waals surface area (Å²) in [7, 11) is 1.60. The Morgan fingerprint density at radius 1 is 1.21 bits per heavy atom. The van der Waals surface area contributed by atoms with Crippen molar-refractivity contribution in [2.75, 3.05) is 25.6 Å². The van der Waals surface area contributed by atoms with E-state index >= 15 is 0 Å². The number of benzene rings is 2. The zero-order valence-corrected chi connectivity index (χ0v) is 19.0. The van der Waals surface area contributed by atoms with Crippen molar-refractivity contribution >= 4 is 23.5 Å². The quantitative estimate of drug-likeness (QED) is 0.579. The van der Waals surface area contributed by atoms with E-state index in [2.05, 4.69) is 10.6 Å². The minimum absolute atomic E-state index is 0.00955. The second kappa shape index (κ2) is 10.2. The predicted molar refractivity (Wildman–Crippen MR) is 123 cm³/mol. The number of nitrogens with one attached hydrogen (secondary N) is 2. The van der Waals surface area contributed by atoms with Gasteiger partial charge in [0.15, 0.2) is 0 Å². The zero-order chi connectivity index (χ0) is 24.1. The normalized spacial score (nSPS) is 19.6. The Hall–Kier alpha value is -3.46. The van der Waals surface area contributed by atoms with Crippen molar-refractivity contribution in [3.05, 3.63) is 59.9 Å². The van der Waals surface area contributed by atoms with E-state index in [1.807, 2.05) is 24.3 Å². The second-order valence-corrected chi connectivity index (χ2v) is 8.63. The number of hydrogen-bond donors (Lipinski definition) is 2. The monoisotopic (exact) mass is 469 g/mol. The number of hydrogen-bond acceptors (Lipinski definition) is 5. The number of urea groups is 1. The van der Waals surface area contributed by atoms with Crippen molar-refractivity contribution in [2.24, 2.45) is 0 Å². The topological polar surface area (TPSA) is 97.0 Å². The van der Waals surface area contributed by atoms with Crippen LogP contribution in [-0.4, -0.2) is 54.6 Å². The highest BCUT2D eigenvalue weighted by Crippen LogP contribution is 2.35. The third-order valence-electron chi connectivity index (χ3n) is 6.38. The number of imide groups is 1. The minimum Gasteiger partial charge on any atom is -0.497 e. The fourth-order valence-electron chi connectivity index (χ4n) is 4.60. The molecule has 1 unspecified atom stereocenters. The molecule has 34 heavy (non-hydrogen) atoms. The SMILES string of the molecule is COc1ccc(CC2(N3C(=O)NC(CCC(=O)Nc4cccc(F)c4)C3=O)CCOCC2)cc1. The Labute approximate surface area is 197 Å².